The number of hydrogen-bond acceptors (Lipinski definition) is 4. The van der Waals surface area contributed by atoms with Gasteiger partial charge in [0.25, 0.3) is 0 Å². The molecule has 0 saturated heterocycles. The van der Waals surface area contributed by atoms with Crippen molar-refractivity contribution in [3.05, 3.63) is 23.4 Å². The minimum absolute atomic E-state index is 0.251. The van der Waals surface area contributed by atoms with Crippen molar-refractivity contribution in [3.63, 3.8) is 0 Å². The fourth-order valence-corrected chi connectivity index (χ4v) is 1.64. The molecule has 18 heavy (non-hydrogen) atoms. The molecule has 1 heterocycles. The van der Waals surface area contributed by atoms with Crippen LogP contribution in [-0.2, 0) is 0 Å². The van der Waals surface area contributed by atoms with E-state index in [1.807, 2.05) is 14.1 Å². The highest BCUT2D eigenvalue weighted by molar-refractivity contribution is 5.89. The van der Waals surface area contributed by atoms with Crippen LogP contribution in [0.15, 0.2) is 12.1 Å². The van der Waals surface area contributed by atoms with Crippen LogP contribution in [0.2, 0.25) is 0 Å². The second-order valence-corrected chi connectivity index (χ2v) is 4.77. The Labute approximate surface area is 108 Å². The lowest BCUT2D eigenvalue weighted by Gasteiger charge is -2.17. The summed E-state index contributed by atoms with van der Waals surface area (Å²) in [5, 5.41) is 12.2. The van der Waals surface area contributed by atoms with Crippen LogP contribution in [0.4, 0.5) is 5.82 Å². The fraction of sp³-hybridized carbons (Fsp3) is 0.538. The van der Waals surface area contributed by atoms with Crippen LogP contribution in [0.25, 0.3) is 0 Å². The van der Waals surface area contributed by atoms with Gasteiger partial charge in [0.05, 0.1) is 11.3 Å². The normalized spacial score (nSPS) is 12.5. The zero-order valence-electron chi connectivity index (χ0n) is 11.4. The molecular formula is C13H21N3O2. The first-order valence-electron chi connectivity index (χ1n) is 6.02. The van der Waals surface area contributed by atoms with Gasteiger partial charge in [0.1, 0.15) is 5.82 Å². The van der Waals surface area contributed by atoms with E-state index in [1.54, 1.807) is 19.1 Å². The first-order chi connectivity index (χ1) is 8.40. The van der Waals surface area contributed by atoms with Gasteiger partial charge < -0.3 is 15.3 Å². The van der Waals surface area contributed by atoms with Crippen LogP contribution in [0.1, 0.15) is 29.4 Å². The number of carbonyl (C=O) groups is 1. The Morgan fingerprint density at radius 1 is 1.50 bits per heavy atom. The Balaban J connectivity index is 2.63. The van der Waals surface area contributed by atoms with E-state index in [9.17, 15) is 4.79 Å². The predicted octanol–water partition coefficient (Wildman–Crippen LogP) is 1.84. The minimum Gasteiger partial charge on any atom is -0.478 e. The fourth-order valence-electron chi connectivity index (χ4n) is 1.64. The zero-order chi connectivity index (χ0) is 13.7. The number of aromatic nitrogens is 1. The van der Waals surface area contributed by atoms with Crippen LogP contribution >= 0.6 is 0 Å². The Bertz CT molecular complexity index is 419. The number of aryl methyl sites for hydroxylation is 1. The molecule has 5 heteroatoms. The standard InChI is InChI=1S/C13H21N3O2/c1-9(7-8-16(3)4)14-12-6-5-11(13(17)18)10(2)15-12/h5-6,9H,7-8H2,1-4H3,(H,14,15)(H,17,18). The van der Waals surface area contributed by atoms with Gasteiger partial charge in [-0.1, -0.05) is 0 Å². The molecule has 0 aliphatic carbocycles. The Kier molecular flexibility index (Phi) is 5.09. The van der Waals surface area contributed by atoms with Crippen LogP contribution < -0.4 is 5.32 Å². The third kappa shape index (κ3) is 4.33. The Hall–Kier alpha value is -1.62. The number of pyridine rings is 1. The molecule has 100 valence electrons. The lowest BCUT2D eigenvalue weighted by molar-refractivity contribution is 0.0695. The molecule has 0 amide bonds. The van der Waals surface area contributed by atoms with Crippen molar-refractivity contribution >= 4 is 11.8 Å². The van der Waals surface area contributed by atoms with E-state index < -0.39 is 5.97 Å². The summed E-state index contributed by atoms with van der Waals surface area (Å²) >= 11 is 0. The van der Waals surface area contributed by atoms with E-state index in [-0.39, 0.29) is 5.56 Å². The van der Waals surface area contributed by atoms with Gasteiger partial charge in [-0.3, -0.25) is 0 Å². The van der Waals surface area contributed by atoms with Crippen molar-refractivity contribution in [2.24, 2.45) is 0 Å². The molecule has 0 fully saturated rings. The molecule has 0 aliphatic rings. The van der Waals surface area contributed by atoms with Crippen molar-refractivity contribution in [2.75, 3.05) is 26.0 Å². The lowest BCUT2D eigenvalue weighted by Crippen LogP contribution is -2.23. The van der Waals surface area contributed by atoms with Crippen molar-refractivity contribution < 1.29 is 9.90 Å². The molecule has 1 rings (SSSR count). The Morgan fingerprint density at radius 3 is 2.67 bits per heavy atom. The number of anilines is 1. The van der Waals surface area contributed by atoms with Crippen molar-refractivity contribution in [1.82, 2.24) is 9.88 Å². The monoisotopic (exact) mass is 251 g/mol. The van der Waals surface area contributed by atoms with Gasteiger partial charge in [-0.2, -0.15) is 0 Å². The maximum absolute atomic E-state index is 10.9. The first kappa shape index (κ1) is 14.4. The van der Waals surface area contributed by atoms with Crippen LogP contribution in [-0.4, -0.2) is 47.6 Å². The smallest absolute Gasteiger partial charge is 0.337 e. The summed E-state index contributed by atoms with van der Waals surface area (Å²) in [6.45, 7) is 4.80. The highest BCUT2D eigenvalue weighted by Crippen LogP contribution is 2.12. The molecule has 0 radical (unpaired) electrons. The van der Waals surface area contributed by atoms with Crippen molar-refractivity contribution in [3.8, 4) is 0 Å². The number of carboxylic acids is 1. The van der Waals surface area contributed by atoms with E-state index in [4.69, 9.17) is 5.11 Å². The third-order valence-corrected chi connectivity index (χ3v) is 2.72. The number of carboxylic acid groups (broad SMARTS) is 1. The SMILES string of the molecule is Cc1nc(NC(C)CCN(C)C)ccc1C(=O)O. The molecule has 1 aromatic rings. The zero-order valence-corrected chi connectivity index (χ0v) is 11.4. The van der Waals surface area contributed by atoms with Crippen LogP contribution in [0.5, 0.6) is 0 Å². The number of hydrogen-bond donors (Lipinski definition) is 2. The van der Waals surface area contributed by atoms with E-state index >= 15 is 0 Å². The quantitative estimate of drug-likeness (QED) is 0.807. The second-order valence-electron chi connectivity index (χ2n) is 4.77. The minimum atomic E-state index is -0.938. The highest BCUT2D eigenvalue weighted by atomic mass is 16.4. The lowest BCUT2D eigenvalue weighted by atomic mass is 10.2. The summed E-state index contributed by atoms with van der Waals surface area (Å²) in [6.07, 6.45) is 1.01. The van der Waals surface area contributed by atoms with E-state index in [2.05, 4.69) is 22.1 Å². The van der Waals surface area contributed by atoms with Gasteiger partial charge in [-0.05, 0) is 53.0 Å². The number of nitrogens with one attached hydrogen (secondary N) is 1. The van der Waals surface area contributed by atoms with Gasteiger partial charge in [0.15, 0.2) is 0 Å². The molecule has 0 aromatic carbocycles. The molecule has 0 saturated carbocycles. The van der Waals surface area contributed by atoms with Crippen LogP contribution in [0.3, 0.4) is 0 Å². The number of aromatic carboxylic acids is 1. The molecule has 1 atom stereocenters. The molecule has 0 bridgehead atoms. The van der Waals surface area contributed by atoms with Crippen molar-refractivity contribution in [1.29, 1.82) is 0 Å². The summed E-state index contributed by atoms with van der Waals surface area (Å²) < 4.78 is 0. The van der Waals surface area contributed by atoms with Gasteiger partial charge in [-0.15, -0.1) is 0 Å². The number of rotatable bonds is 6. The average molecular weight is 251 g/mol. The molecule has 0 spiro atoms. The molecule has 5 nitrogen and oxygen atoms in total. The summed E-state index contributed by atoms with van der Waals surface area (Å²) in [5.74, 6) is -0.212. The summed E-state index contributed by atoms with van der Waals surface area (Å²) in [5.41, 5.74) is 0.786. The van der Waals surface area contributed by atoms with E-state index in [0.717, 1.165) is 18.8 Å². The van der Waals surface area contributed by atoms with Gasteiger partial charge in [0, 0.05) is 6.04 Å². The van der Waals surface area contributed by atoms with Crippen LogP contribution in [0, 0.1) is 6.92 Å². The maximum Gasteiger partial charge on any atom is 0.337 e. The molecule has 1 unspecified atom stereocenters. The summed E-state index contributed by atoms with van der Waals surface area (Å²) in [7, 11) is 4.08. The second kappa shape index (κ2) is 6.35. The average Bonchev–Trinajstić information content (AvgIpc) is 2.26. The first-order valence-corrected chi connectivity index (χ1v) is 6.02. The molecule has 0 aliphatic heterocycles. The predicted molar refractivity (Wildman–Crippen MR) is 72.2 cm³/mol. The molecule has 2 N–H and O–H groups in total. The molecular weight excluding hydrogens is 230 g/mol. The largest absolute Gasteiger partial charge is 0.478 e. The van der Waals surface area contributed by atoms with E-state index in [0.29, 0.717) is 11.7 Å². The summed E-state index contributed by atoms with van der Waals surface area (Å²) in [4.78, 5) is 17.3. The van der Waals surface area contributed by atoms with Crippen molar-refractivity contribution in [2.45, 2.75) is 26.3 Å². The highest BCUT2D eigenvalue weighted by Gasteiger charge is 2.10. The van der Waals surface area contributed by atoms with Gasteiger partial charge in [0.2, 0.25) is 0 Å². The van der Waals surface area contributed by atoms with E-state index in [1.165, 1.54) is 0 Å². The van der Waals surface area contributed by atoms with Gasteiger partial charge >= 0.3 is 5.97 Å². The third-order valence-electron chi connectivity index (χ3n) is 2.72. The summed E-state index contributed by atoms with van der Waals surface area (Å²) in [6, 6.07) is 3.60. The molecule has 1 aromatic heterocycles. The number of nitrogens with zero attached hydrogens (tertiary/aromatic N) is 2. The topological polar surface area (TPSA) is 65.5 Å². The maximum atomic E-state index is 10.9. The van der Waals surface area contributed by atoms with Gasteiger partial charge in [-0.25, -0.2) is 9.78 Å². The Morgan fingerprint density at radius 2 is 2.17 bits per heavy atom.